The lowest BCUT2D eigenvalue weighted by Gasteiger charge is -2.10. The zero-order valence-electron chi connectivity index (χ0n) is 13.7. The van der Waals surface area contributed by atoms with Gasteiger partial charge in [0.1, 0.15) is 0 Å². The first-order chi connectivity index (χ1) is 11.4. The summed E-state index contributed by atoms with van der Waals surface area (Å²) in [7, 11) is -2.55. The number of carbonyl (C=O) groups excluding carboxylic acids is 1. The molecule has 128 valence electrons. The number of nitrogens with one attached hydrogen (secondary N) is 1. The standard InChI is InChI=1S/C16H19N3O4S/c1-4-11(2)12-5-7-14(8-6-12)24(21,22)19-16-17-9-13(10-18-16)15(20)23-3/h5-11H,4H2,1-3H3,(H,17,18,19). The molecular weight excluding hydrogens is 330 g/mol. The van der Waals surface area contributed by atoms with Crippen LogP contribution in [0.25, 0.3) is 0 Å². The fraction of sp³-hybridized carbons (Fsp3) is 0.312. The third-order valence-corrected chi connectivity index (χ3v) is 5.01. The van der Waals surface area contributed by atoms with E-state index in [-0.39, 0.29) is 16.4 Å². The molecule has 1 unspecified atom stereocenters. The molecule has 2 rings (SSSR count). The molecule has 0 aliphatic rings. The molecule has 1 atom stereocenters. The van der Waals surface area contributed by atoms with E-state index < -0.39 is 16.0 Å². The second-order valence-corrected chi connectivity index (χ2v) is 6.95. The largest absolute Gasteiger partial charge is 0.465 e. The summed E-state index contributed by atoms with van der Waals surface area (Å²) in [4.78, 5) is 19.1. The van der Waals surface area contributed by atoms with Crippen molar-refractivity contribution in [1.82, 2.24) is 9.97 Å². The molecule has 8 heteroatoms. The Bertz CT molecular complexity index is 802. The van der Waals surface area contributed by atoms with Gasteiger partial charge in [-0.3, -0.25) is 0 Å². The van der Waals surface area contributed by atoms with Crippen LogP contribution in [-0.2, 0) is 14.8 Å². The fourth-order valence-corrected chi connectivity index (χ4v) is 2.95. The average Bonchev–Trinajstić information content (AvgIpc) is 2.60. The first kappa shape index (κ1) is 17.9. The number of esters is 1. The summed E-state index contributed by atoms with van der Waals surface area (Å²) < 4.78 is 31.5. The molecule has 1 heterocycles. The van der Waals surface area contributed by atoms with Gasteiger partial charge in [0.2, 0.25) is 5.95 Å². The normalized spacial score (nSPS) is 12.5. The van der Waals surface area contributed by atoms with Gasteiger partial charge in [-0.1, -0.05) is 26.0 Å². The van der Waals surface area contributed by atoms with E-state index in [4.69, 9.17) is 0 Å². The Hall–Kier alpha value is -2.48. The van der Waals surface area contributed by atoms with Gasteiger partial charge in [0, 0.05) is 12.4 Å². The van der Waals surface area contributed by atoms with Crippen molar-refractivity contribution in [3.05, 3.63) is 47.8 Å². The number of nitrogens with zero attached hydrogens (tertiary/aromatic N) is 2. The van der Waals surface area contributed by atoms with E-state index in [9.17, 15) is 13.2 Å². The van der Waals surface area contributed by atoms with Crippen LogP contribution in [-0.4, -0.2) is 31.5 Å². The zero-order chi connectivity index (χ0) is 17.7. The molecule has 2 aromatic rings. The van der Waals surface area contributed by atoms with Crippen molar-refractivity contribution in [2.45, 2.75) is 31.1 Å². The number of carbonyl (C=O) groups is 1. The third-order valence-electron chi connectivity index (χ3n) is 3.67. The van der Waals surface area contributed by atoms with E-state index >= 15 is 0 Å². The van der Waals surface area contributed by atoms with Crippen LogP contribution in [0.1, 0.15) is 42.1 Å². The average molecular weight is 349 g/mol. The summed E-state index contributed by atoms with van der Waals surface area (Å²) in [6, 6.07) is 6.69. The number of hydrogen-bond donors (Lipinski definition) is 1. The molecule has 1 aromatic carbocycles. The van der Waals surface area contributed by atoms with E-state index in [0.717, 1.165) is 12.0 Å². The van der Waals surface area contributed by atoms with Crippen molar-refractivity contribution in [3.8, 4) is 0 Å². The van der Waals surface area contributed by atoms with E-state index in [0.29, 0.717) is 5.92 Å². The SMILES string of the molecule is CCC(C)c1ccc(S(=O)(=O)Nc2ncc(C(=O)OC)cn2)cc1. The second-order valence-electron chi connectivity index (χ2n) is 5.27. The van der Waals surface area contributed by atoms with Crippen molar-refractivity contribution < 1.29 is 17.9 Å². The summed E-state index contributed by atoms with van der Waals surface area (Å²) in [6.07, 6.45) is 3.37. The molecule has 0 amide bonds. The maximum atomic E-state index is 12.3. The number of benzene rings is 1. The molecule has 24 heavy (non-hydrogen) atoms. The van der Waals surface area contributed by atoms with E-state index in [1.54, 1.807) is 24.3 Å². The van der Waals surface area contributed by atoms with E-state index in [1.165, 1.54) is 19.5 Å². The van der Waals surface area contributed by atoms with Gasteiger partial charge in [-0.05, 0) is 30.0 Å². The lowest BCUT2D eigenvalue weighted by atomic mass is 9.99. The lowest BCUT2D eigenvalue weighted by molar-refractivity contribution is 0.0600. The van der Waals surface area contributed by atoms with Crippen molar-refractivity contribution in [2.24, 2.45) is 0 Å². The summed E-state index contributed by atoms with van der Waals surface area (Å²) in [5, 5.41) is 0. The predicted octanol–water partition coefficient (Wildman–Crippen LogP) is 2.58. The van der Waals surface area contributed by atoms with Gasteiger partial charge in [0.25, 0.3) is 10.0 Å². The molecule has 0 fully saturated rings. The minimum Gasteiger partial charge on any atom is -0.465 e. The topological polar surface area (TPSA) is 98.2 Å². The highest BCUT2D eigenvalue weighted by molar-refractivity contribution is 7.92. The first-order valence-electron chi connectivity index (χ1n) is 7.40. The third kappa shape index (κ3) is 4.08. The molecule has 1 N–H and O–H groups in total. The Labute approximate surface area is 141 Å². The number of sulfonamides is 1. The van der Waals surface area contributed by atoms with Gasteiger partial charge in [0.05, 0.1) is 17.6 Å². The number of hydrogen-bond acceptors (Lipinski definition) is 6. The van der Waals surface area contributed by atoms with Gasteiger partial charge in [0.15, 0.2) is 0 Å². The highest BCUT2D eigenvalue weighted by Gasteiger charge is 2.17. The highest BCUT2D eigenvalue weighted by atomic mass is 32.2. The van der Waals surface area contributed by atoms with Crippen molar-refractivity contribution >= 4 is 21.9 Å². The molecule has 7 nitrogen and oxygen atoms in total. The van der Waals surface area contributed by atoms with Crippen molar-refractivity contribution in [1.29, 1.82) is 0 Å². The van der Waals surface area contributed by atoms with Crippen LogP contribution >= 0.6 is 0 Å². The van der Waals surface area contributed by atoms with E-state index in [2.05, 4.69) is 33.3 Å². The minimum absolute atomic E-state index is 0.117. The lowest BCUT2D eigenvalue weighted by Crippen LogP contribution is -2.15. The molecule has 0 saturated heterocycles. The second kappa shape index (κ2) is 7.39. The Morgan fingerprint density at radius 1 is 1.21 bits per heavy atom. The van der Waals surface area contributed by atoms with Crippen LogP contribution in [0.2, 0.25) is 0 Å². The number of aromatic nitrogens is 2. The summed E-state index contributed by atoms with van der Waals surface area (Å²) >= 11 is 0. The Balaban J connectivity index is 2.17. The van der Waals surface area contributed by atoms with Crippen LogP contribution in [0.5, 0.6) is 0 Å². The molecule has 0 bridgehead atoms. The predicted molar refractivity (Wildman–Crippen MR) is 89.3 cm³/mol. The van der Waals surface area contributed by atoms with Gasteiger partial charge in [-0.2, -0.15) is 0 Å². The quantitative estimate of drug-likeness (QED) is 0.805. The van der Waals surface area contributed by atoms with Crippen LogP contribution in [0, 0.1) is 0 Å². The Kier molecular flexibility index (Phi) is 5.50. The van der Waals surface area contributed by atoms with Crippen LogP contribution < -0.4 is 4.72 Å². The first-order valence-corrected chi connectivity index (χ1v) is 8.88. The van der Waals surface area contributed by atoms with Gasteiger partial charge < -0.3 is 4.74 Å². The van der Waals surface area contributed by atoms with Crippen LogP contribution in [0.15, 0.2) is 41.6 Å². The van der Waals surface area contributed by atoms with Crippen LogP contribution in [0.3, 0.4) is 0 Å². The Morgan fingerprint density at radius 2 is 1.79 bits per heavy atom. The number of methoxy groups -OCH3 is 1. The van der Waals surface area contributed by atoms with Gasteiger partial charge >= 0.3 is 5.97 Å². The molecule has 0 spiro atoms. The molecule has 0 aliphatic heterocycles. The fourth-order valence-electron chi connectivity index (χ4n) is 1.99. The van der Waals surface area contributed by atoms with Gasteiger partial charge in [-0.25, -0.2) is 27.9 Å². The Morgan fingerprint density at radius 3 is 2.29 bits per heavy atom. The molecule has 1 aromatic heterocycles. The summed E-state index contributed by atoms with van der Waals surface area (Å²) in [6.45, 7) is 4.16. The highest BCUT2D eigenvalue weighted by Crippen LogP contribution is 2.21. The maximum Gasteiger partial charge on any atom is 0.341 e. The monoisotopic (exact) mass is 349 g/mol. The van der Waals surface area contributed by atoms with Crippen molar-refractivity contribution in [2.75, 3.05) is 11.8 Å². The van der Waals surface area contributed by atoms with Gasteiger partial charge in [-0.15, -0.1) is 0 Å². The number of ether oxygens (including phenoxy) is 1. The number of anilines is 1. The molecule has 0 radical (unpaired) electrons. The maximum absolute atomic E-state index is 12.3. The van der Waals surface area contributed by atoms with Crippen molar-refractivity contribution in [3.63, 3.8) is 0 Å². The summed E-state index contributed by atoms with van der Waals surface area (Å²) in [5.74, 6) is -0.345. The molecule has 0 saturated carbocycles. The smallest absolute Gasteiger partial charge is 0.341 e. The summed E-state index contributed by atoms with van der Waals surface area (Å²) in [5.41, 5.74) is 1.22. The molecule has 0 aliphatic carbocycles. The number of rotatable bonds is 6. The van der Waals surface area contributed by atoms with E-state index in [1.807, 2.05) is 0 Å². The molecular formula is C16H19N3O4S. The zero-order valence-corrected chi connectivity index (χ0v) is 14.5. The van der Waals surface area contributed by atoms with Crippen LogP contribution in [0.4, 0.5) is 5.95 Å². The minimum atomic E-state index is -3.79.